The van der Waals surface area contributed by atoms with Gasteiger partial charge in [0.25, 0.3) is 5.91 Å². The van der Waals surface area contributed by atoms with Crippen LogP contribution in [-0.2, 0) is 17.6 Å². The van der Waals surface area contributed by atoms with E-state index in [9.17, 15) is 22.8 Å². The molecule has 1 atom stereocenters. The van der Waals surface area contributed by atoms with Gasteiger partial charge in [-0.3, -0.25) is 9.59 Å². The van der Waals surface area contributed by atoms with Gasteiger partial charge in [-0.2, -0.15) is 13.2 Å². The Bertz CT molecular complexity index is 1080. The lowest BCUT2D eigenvalue weighted by molar-refractivity contribution is -0.137. The molecular weight excluding hydrogens is 443 g/mol. The Morgan fingerprint density at radius 2 is 1.75 bits per heavy atom. The number of nitrogens with one attached hydrogen (secondary N) is 1. The van der Waals surface area contributed by atoms with Crippen LogP contribution in [0.2, 0.25) is 0 Å². The first-order chi connectivity index (χ1) is 15.1. The molecule has 0 fully saturated rings. The summed E-state index contributed by atoms with van der Waals surface area (Å²) in [4.78, 5) is 22.6. The Hall–Kier alpha value is -3.33. The average molecular weight is 463 g/mol. The Balaban J connectivity index is 1.67. The normalized spacial score (nSPS) is 12.2. The van der Waals surface area contributed by atoms with E-state index in [2.05, 4.69) is 5.32 Å². The molecule has 3 rings (SSSR count). The van der Waals surface area contributed by atoms with Crippen molar-refractivity contribution in [2.75, 3.05) is 0 Å². The van der Waals surface area contributed by atoms with E-state index in [0.29, 0.717) is 33.1 Å². The van der Waals surface area contributed by atoms with Gasteiger partial charge < -0.3 is 15.2 Å². The second-order valence-electron chi connectivity index (χ2n) is 7.10. The van der Waals surface area contributed by atoms with Gasteiger partial charge >= 0.3 is 12.1 Å². The van der Waals surface area contributed by atoms with Crippen LogP contribution in [-0.4, -0.2) is 23.0 Å². The molecule has 2 aromatic carbocycles. The van der Waals surface area contributed by atoms with E-state index in [4.69, 9.17) is 9.84 Å². The highest BCUT2D eigenvalue weighted by Crippen LogP contribution is 2.43. The minimum Gasteiger partial charge on any atom is -0.488 e. The Morgan fingerprint density at radius 3 is 2.34 bits per heavy atom. The quantitative estimate of drug-likeness (QED) is 0.456. The third kappa shape index (κ3) is 6.10. The minimum absolute atomic E-state index is 0.0538. The molecule has 1 amide bonds. The fourth-order valence-corrected chi connectivity index (χ4v) is 3.99. The number of carboxylic acid groups (broad SMARTS) is 1. The van der Waals surface area contributed by atoms with Crippen LogP contribution in [0.1, 0.15) is 33.5 Å². The first kappa shape index (κ1) is 23.3. The van der Waals surface area contributed by atoms with Crippen LogP contribution in [0.15, 0.2) is 60.7 Å². The lowest BCUT2D eigenvalue weighted by Gasteiger charge is -2.12. The van der Waals surface area contributed by atoms with E-state index in [0.717, 1.165) is 0 Å². The highest BCUT2D eigenvalue weighted by atomic mass is 32.1. The van der Waals surface area contributed by atoms with Crippen molar-refractivity contribution in [2.24, 2.45) is 0 Å². The number of thiophene rings is 1. The van der Waals surface area contributed by atoms with E-state index in [1.165, 1.54) is 30.3 Å². The van der Waals surface area contributed by atoms with E-state index < -0.39 is 29.0 Å². The van der Waals surface area contributed by atoms with Crippen molar-refractivity contribution >= 4 is 23.2 Å². The fraction of sp³-hybridized carbons (Fsp3) is 0.217. The molecule has 168 valence electrons. The molecule has 0 aliphatic heterocycles. The number of ether oxygens (including phenoxy) is 1. The summed E-state index contributed by atoms with van der Waals surface area (Å²) in [6.45, 7) is 1.53. The summed E-state index contributed by atoms with van der Waals surface area (Å²) in [7, 11) is 0. The summed E-state index contributed by atoms with van der Waals surface area (Å²) in [5.41, 5.74) is 0.912. The third-order valence-electron chi connectivity index (χ3n) is 4.48. The van der Waals surface area contributed by atoms with Crippen LogP contribution in [0.25, 0.3) is 11.1 Å². The van der Waals surface area contributed by atoms with Gasteiger partial charge in [0, 0.05) is 22.0 Å². The van der Waals surface area contributed by atoms with Crippen LogP contribution in [0, 0.1) is 0 Å². The van der Waals surface area contributed by atoms with Crippen molar-refractivity contribution in [3.05, 3.63) is 76.0 Å². The summed E-state index contributed by atoms with van der Waals surface area (Å²) in [6.07, 6.45) is -4.67. The Kier molecular flexibility index (Phi) is 7.19. The first-order valence-electron chi connectivity index (χ1n) is 9.64. The summed E-state index contributed by atoms with van der Waals surface area (Å²) in [5.74, 6) is -1.05. The Labute approximate surface area is 186 Å². The molecule has 0 aliphatic rings. The molecule has 1 heterocycles. The van der Waals surface area contributed by atoms with Crippen molar-refractivity contribution in [3.63, 3.8) is 0 Å². The maximum Gasteiger partial charge on any atom is 0.426 e. The summed E-state index contributed by atoms with van der Waals surface area (Å²) < 4.78 is 46.1. The zero-order valence-corrected chi connectivity index (χ0v) is 17.8. The predicted molar refractivity (Wildman–Crippen MR) is 115 cm³/mol. The lowest BCUT2D eigenvalue weighted by atomic mass is 10.1. The molecule has 9 heteroatoms. The molecule has 0 bridgehead atoms. The van der Waals surface area contributed by atoms with Gasteiger partial charge in [0.05, 0.1) is 6.42 Å². The van der Waals surface area contributed by atoms with Gasteiger partial charge in [0.2, 0.25) is 0 Å². The minimum atomic E-state index is -4.47. The summed E-state index contributed by atoms with van der Waals surface area (Å²) in [5, 5.41) is 11.3. The third-order valence-corrected chi connectivity index (χ3v) is 5.63. The number of aliphatic carboxylic acids is 1. The van der Waals surface area contributed by atoms with Crippen LogP contribution in [0.5, 0.6) is 5.75 Å². The van der Waals surface area contributed by atoms with Crippen LogP contribution < -0.4 is 10.1 Å². The average Bonchev–Trinajstić information content (AvgIpc) is 3.17. The molecule has 32 heavy (non-hydrogen) atoms. The SMILES string of the molecule is CC(CC(=O)O)NC(=O)c1ccc(OCc2cc(-c3ccccc3)c(C(F)(F)F)s2)cc1. The smallest absolute Gasteiger partial charge is 0.426 e. The number of amides is 1. The van der Waals surface area contributed by atoms with Crippen LogP contribution in [0.3, 0.4) is 0 Å². The zero-order chi connectivity index (χ0) is 23.3. The molecule has 1 aromatic heterocycles. The molecule has 0 saturated carbocycles. The maximum absolute atomic E-state index is 13.5. The number of carbonyl (C=O) groups excluding carboxylic acids is 1. The number of hydrogen-bond acceptors (Lipinski definition) is 4. The number of hydrogen-bond donors (Lipinski definition) is 2. The molecule has 1 unspecified atom stereocenters. The van der Waals surface area contributed by atoms with E-state index >= 15 is 0 Å². The molecule has 0 radical (unpaired) electrons. The van der Waals surface area contributed by atoms with Gasteiger partial charge in [-0.15, -0.1) is 11.3 Å². The molecule has 5 nitrogen and oxygen atoms in total. The number of alkyl halides is 3. The predicted octanol–water partition coefficient (Wildman–Crippen LogP) is 5.61. The number of carbonyl (C=O) groups is 2. The van der Waals surface area contributed by atoms with Crippen LogP contribution in [0.4, 0.5) is 13.2 Å². The van der Waals surface area contributed by atoms with E-state index in [-0.39, 0.29) is 18.6 Å². The highest BCUT2D eigenvalue weighted by molar-refractivity contribution is 7.12. The van der Waals surface area contributed by atoms with Gasteiger partial charge in [-0.05, 0) is 42.8 Å². The van der Waals surface area contributed by atoms with E-state index in [1.807, 2.05) is 0 Å². The number of carboxylic acids is 1. The van der Waals surface area contributed by atoms with E-state index in [1.54, 1.807) is 37.3 Å². The van der Waals surface area contributed by atoms with Gasteiger partial charge in [-0.1, -0.05) is 30.3 Å². The standard InChI is InChI=1S/C23H20F3NO4S/c1-14(11-20(28)29)27-22(30)16-7-9-17(10-8-16)31-13-18-12-19(15-5-3-2-4-6-15)21(32-18)23(24,25)26/h2-10,12,14H,11,13H2,1H3,(H,27,30)(H,28,29). The summed E-state index contributed by atoms with van der Waals surface area (Å²) >= 11 is 0.638. The highest BCUT2D eigenvalue weighted by Gasteiger charge is 2.36. The molecule has 3 aromatic rings. The topological polar surface area (TPSA) is 75.6 Å². The second kappa shape index (κ2) is 9.86. The first-order valence-corrected chi connectivity index (χ1v) is 10.5. The molecule has 0 saturated heterocycles. The fourth-order valence-electron chi connectivity index (χ4n) is 3.03. The van der Waals surface area contributed by atoms with Crippen molar-refractivity contribution in [3.8, 4) is 16.9 Å². The van der Waals surface area contributed by atoms with Gasteiger partial charge in [-0.25, -0.2) is 0 Å². The van der Waals surface area contributed by atoms with Gasteiger partial charge in [0.15, 0.2) is 0 Å². The molecular formula is C23H20F3NO4S. The number of halogens is 3. The molecule has 0 aliphatic carbocycles. The monoisotopic (exact) mass is 463 g/mol. The van der Waals surface area contributed by atoms with Gasteiger partial charge in [0.1, 0.15) is 17.2 Å². The lowest BCUT2D eigenvalue weighted by Crippen LogP contribution is -2.34. The zero-order valence-electron chi connectivity index (χ0n) is 17.0. The summed E-state index contributed by atoms with van der Waals surface area (Å²) in [6, 6.07) is 15.4. The maximum atomic E-state index is 13.5. The largest absolute Gasteiger partial charge is 0.488 e. The molecule has 0 spiro atoms. The number of rotatable bonds is 8. The second-order valence-corrected chi connectivity index (χ2v) is 8.24. The van der Waals surface area contributed by atoms with Crippen LogP contribution >= 0.6 is 11.3 Å². The van der Waals surface area contributed by atoms with Crippen molar-refractivity contribution in [2.45, 2.75) is 32.2 Å². The van der Waals surface area contributed by atoms with Crippen molar-refractivity contribution < 1.29 is 32.6 Å². The Morgan fingerprint density at radius 1 is 1.09 bits per heavy atom. The van der Waals surface area contributed by atoms with Crippen molar-refractivity contribution in [1.29, 1.82) is 0 Å². The molecule has 2 N–H and O–H groups in total. The van der Waals surface area contributed by atoms with Crippen molar-refractivity contribution in [1.82, 2.24) is 5.32 Å². The number of benzene rings is 2.